The van der Waals surface area contributed by atoms with E-state index in [0.717, 1.165) is 17.8 Å². The smallest absolute Gasteiger partial charge is 0.251 e. The summed E-state index contributed by atoms with van der Waals surface area (Å²) in [6.07, 6.45) is 1.39. The third-order valence-corrected chi connectivity index (χ3v) is 7.79. The molecule has 11 nitrogen and oxygen atoms in total. The fourth-order valence-corrected chi connectivity index (χ4v) is 5.36. The Bertz CT molecular complexity index is 1380. The van der Waals surface area contributed by atoms with Gasteiger partial charge in [-0.25, -0.2) is 0 Å². The zero-order valence-electron chi connectivity index (χ0n) is 20.6. The maximum atomic E-state index is 13.1. The molecular formula is C26H27N7O4S. The maximum absolute atomic E-state index is 13.1. The van der Waals surface area contributed by atoms with Crippen molar-refractivity contribution in [1.29, 1.82) is 5.41 Å². The molecule has 0 spiro atoms. The van der Waals surface area contributed by atoms with Gasteiger partial charge in [-0.15, -0.1) is 10.2 Å². The summed E-state index contributed by atoms with van der Waals surface area (Å²) < 4.78 is 5.75. The molecule has 2 heterocycles. The van der Waals surface area contributed by atoms with E-state index in [0.29, 0.717) is 28.5 Å². The second-order valence-electron chi connectivity index (χ2n) is 9.65. The van der Waals surface area contributed by atoms with Crippen LogP contribution in [0.5, 0.6) is 11.5 Å². The molecule has 2 fully saturated rings. The lowest BCUT2D eigenvalue weighted by Gasteiger charge is -2.26. The summed E-state index contributed by atoms with van der Waals surface area (Å²) in [5.74, 6) is 0.125. The van der Waals surface area contributed by atoms with E-state index in [4.69, 9.17) is 15.9 Å². The van der Waals surface area contributed by atoms with Gasteiger partial charge < -0.3 is 26.0 Å². The van der Waals surface area contributed by atoms with Crippen LogP contribution in [-0.4, -0.2) is 57.3 Å². The van der Waals surface area contributed by atoms with Crippen molar-refractivity contribution in [3.05, 3.63) is 70.2 Å². The molecule has 0 bridgehead atoms. The summed E-state index contributed by atoms with van der Waals surface area (Å²) in [4.78, 5) is 40.4. The number of fused-ring (bicyclic) bond motifs is 1. The number of nitrogen functional groups attached to an aromatic ring is 1. The monoisotopic (exact) mass is 533 g/mol. The summed E-state index contributed by atoms with van der Waals surface area (Å²) in [7, 11) is 0. The first kappa shape index (κ1) is 25.3. The van der Waals surface area contributed by atoms with Crippen LogP contribution in [0.25, 0.3) is 0 Å². The molecule has 0 unspecified atom stereocenters. The fraction of sp³-hybridized carbons (Fsp3) is 0.308. The number of aromatic nitrogens is 2. The van der Waals surface area contributed by atoms with Gasteiger partial charge in [-0.3, -0.25) is 19.8 Å². The number of hydrogen-bond acceptors (Lipinski definition) is 8. The largest absolute Gasteiger partial charge is 0.457 e. The number of amides is 3. The Morgan fingerprint density at radius 2 is 1.79 bits per heavy atom. The average molecular weight is 534 g/mol. The SMILES string of the molecule is C[C@@]12C[C@@H]1N(C(=O)CNC(=O)c1ccc(Oc3ccccc3)cc1)[C@H](C(=O)NCc1nnc(C(=N)N)s1)C2. The highest BCUT2D eigenvalue weighted by atomic mass is 32.1. The minimum Gasteiger partial charge on any atom is -0.457 e. The predicted molar refractivity (Wildman–Crippen MR) is 140 cm³/mol. The third-order valence-electron chi connectivity index (χ3n) is 6.83. The van der Waals surface area contributed by atoms with E-state index < -0.39 is 6.04 Å². The molecule has 2 aromatic carbocycles. The lowest BCUT2D eigenvalue weighted by Crippen LogP contribution is -2.50. The Balaban J connectivity index is 1.16. The number of nitrogens with two attached hydrogens (primary N) is 1. The van der Waals surface area contributed by atoms with Crippen LogP contribution in [0.1, 0.15) is 40.1 Å². The van der Waals surface area contributed by atoms with Crippen LogP contribution in [0, 0.1) is 10.8 Å². The van der Waals surface area contributed by atoms with Crippen LogP contribution < -0.4 is 21.1 Å². The molecule has 1 aromatic heterocycles. The Hall–Kier alpha value is -4.32. The first-order valence-corrected chi connectivity index (χ1v) is 12.9. The number of carbonyl (C=O) groups excluding carboxylic acids is 3. The molecular weight excluding hydrogens is 506 g/mol. The number of hydrogen-bond donors (Lipinski definition) is 4. The fourth-order valence-electron chi connectivity index (χ4n) is 4.72. The van der Waals surface area contributed by atoms with Crippen LogP contribution in [-0.2, 0) is 16.1 Å². The Kier molecular flexibility index (Phi) is 6.81. The molecule has 1 aliphatic heterocycles. The zero-order chi connectivity index (χ0) is 26.9. The third kappa shape index (κ3) is 5.35. The minimum absolute atomic E-state index is 0.0251. The molecule has 38 heavy (non-hydrogen) atoms. The molecule has 5 N–H and O–H groups in total. The van der Waals surface area contributed by atoms with Crippen molar-refractivity contribution in [2.24, 2.45) is 11.1 Å². The lowest BCUT2D eigenvalue weighted by atomic mass is 10.0. The number of para-hydroxylation sites is 1. The van der Waals surface area contributed by atoms with Crippen molar-refractivity contribution in [3.63, 3.8) is 0 Å². The van der Waals surface area contributed by atoms with Crippen molar-refractivity contribution >= 4 is 34.9 Å². The molecule has 1 saturated heterocycles. The molecule has 0 radical (unpaired) electrons. The van der Waals surface area contributed by atoms with Crippen molar-refractivity contribution < 1.29 is 19.1 Å². The first-order chi connectivity index (χ1) is 18.2. The summed E-state index contributed by atoms with van der Waals surface area (Å²) in [5.41, 5.74) is 5.71. The van der Waals surface area contributed by atoms with Gasteiger partial charge in [0.15, 0.2) is 10.8 Å². The van der Waals surface area contributed by atoms with Crippen molar-refractivity contribution in [2.45, 2.75) is 38.4 Å². The van der Waals surface area contributed by atoms with Gasteiger partial charge in [-0.05, 0) is 54.7 Å². The van der Waals surface area contributed by atoms with Gasteiger partial charge in [0.2, 0.25) is 11.8 Å². The van der Waals surface area contributed by atoms with Gasteiger partial charge in [0.25, 0.3) is 5.91 Å². The van der Waals surface area contributed by atoms with Crippen LogP contribution in [0.2, 0.25) is 0 Å². The number of amidine groups is 1. The molecule has 2 aliphatic rings. The molecule has 1 aliphatic carbocycles. The van der Waals surface area contributed by atoms with Crippen LogP contribution in [0.4, 0.5) is 0 Å². The first-order valence-electron chi connectivity index (χ1n) is 12.1. The zero-order valence-corrected chi connectivity index (χ0v) is 21.5. The van der Waals surface area contributed by atoms with E-state index >= 15 is 0 Å². The van der Waals surface area contributed by atoms with Crippen LogP contribution in [0.3, 0.4) is 0 Å². The topological polar surface area (TPSA) is 163 Å². The van der Waals surface area contributed by atoms with E-state index in [9.17, 15) is 14.4 Å². The van der Waals surface area contributed by atoms with Gasteiger partial charge in [-0.2, -0.15) is 0 Å². The number of ether oxygens (including phenoxy) is 1. The van der Waals surface area contributed by atoms with Gasteiger partial charge in [-0.1, -0.05) is 36.5 Å². The number of benzene rings is 2. The second kappa shape index (κ2) is 10.2. The van der Waals surface area contributed by atoms with Gasteiger partial charge in [0.05, 0.1) is 13.1 Å². The van der Waals surface area contributed by atoms with Crippen molar-refractivity contribution in [1.82, 2.24) is 25.7 Å². The molecule has 3 amide bonds. The summed E-state index contributed by atoms with van der Waals surface area (Å²) in [6, 6.07) is 15.3. The maximum Gasteiger partial charge on any atom is 0.251 e. The number of likely N-dealkylation sites (tertiary alicyclic amines) is 1. The normalized spacial score (nSPS) is 21.3. The highest BCUT2D eigenvalue weighted by Crippen LogP contribution is 2.59. The average Bonchev–Trinajstić information content (AvgIpc) is 3.23. The Labute approximate surface area is 222 Å². The highest BCUT2D eigenvalue weighted by molar-refractivity contribution is 7.13. The molecule has 5 rings (SSSR count). The standard InChI is InChI=1S/C26H27N7O4S/c1-26-11-18(24(36)29-13-20-31-32-25(38-20)22(27)28)33(19(26)12-26)21(34)14-30-23(35)15-7-9-17(10-8-15)37-16-5-3-2-4-6-16/h2-10,18-19H,11-14H2,1H3,(H3,27,28)(H,29,36)(H,30,35)/t18-,19-,26+/m0/s1. The van der Waals surface area contributed by atoms with E-state index in [1.54, 1.807) is 29.2 Å². The van der Waals surface area contributed by atoms with E-state index in [-0.39, 0.29) is 53.1 Å². The Morgan fingerprint density at radius 1 is 1.08 bits per heavy atom. The lowest BCUT2D eigenvalue weighted by molar-refractivity contribution is -0.139. The minimum atomic E-state index is -0.627. The molecule has 12 heteroatoms. The molecule has 3 aromatic rings. The molecule has 1 saturated carbocycles. The number of rotatable bonds is 9. The van der Waals surface area contributed by atoms with Crippen LogP contribution >= 0.6 is 11.3 Å². The van der Waals surface area contributed by atoms with Crippen LogP contribution in [0.15, 0.2) is 54.6 Å². The van der Waals surface area contributed by atoms with E-state index in [1.807, 2.05) is 30.3 Å². The quantitative estimate of drug-likeness (QED) is 0.241. The van der Waals surface area contributed by atoms with Crippen molar-refractivity contribution in [2.75, 3.05) is 6.54 Å². The molecule has 196 valence electrons. The Morgan fingerprint density at radius 3 is 2.47 bits per heavy atom. The summed E-state index contributed by atoms with van der Waals surface area (Å²) >= 11 is 1.13. The summed E-state index contributed by atoms with van der Waals surface area (Å²) in [5, 5.41) is 21.4. The van der Waals surface area contributed by atoms with E-state index in [1.165, 1.54) is 0 Å². The van der Waals surface area contributed by atoms with Gasteiger partial charge in [0.1, 0.15) is 22.5 Å². The highest BCUT2D eigenvalue weighted by Gasteiger charge is 2.64. The molecule has 3 atom stereocenters. The van der Waals surface area contributed by atoms with Gasteiger partial charge >= 0.3 is 0 Å². The number of nitrogens with one attached hydrogen (secondary N) is 3. The number of piperidine rings is 1. The van der Waals surface area contributed by atoms with E-state index in [2.05, 4.69) is 27.8 Å². The van der Waals surface area contributed by atoms with Crippen molar-refractivity contribution in [3.8, 4) is 11.5 Å². The predicted octanol–water partition coefficient (Wildman–Crippen LogP) is 2.04. The summed E-state index contributed by atoms with van der Waals surface area (Å²) in [6.45, 7) is 1.98. The second-order valence-corrected chi connectivity index (χ2v) is 10.7. The number of carbonyl (C=O) groups is 3. The van der Waals surface area contributed by atoms with Gasteiger partial charge in [0, 0.05) is 11.6 Å². The number of nitrogens with zero attached hydrogens (tertiary/aromatic N) is 3.